The predicted octanol–water partition coefficient (Wildman–Crippen LogP) is 8.54. The molecular weight excluding hydrogens is 512 g/mol. The molecule has 6 aromatic rings. The van der Waals surface area contributed by atoms with Crippen LogP contribution in [0.15, 0.2) is 156 Å². The Morgan fingerprint density at radius 1 is 0.571 bits per heavy atom. The number of nitriles is 1. The average molecular weight is 539 g/mol. The van der Waals surface area contributed by atoms with Crippen molar-refractivity contribution in [1.82, 2.24) is 5.32 Å². The minimum Gasteiger partial charge on any atom is -0.344 e. The molecule has 0 saturated heterocycles. The first kappa shape index (κ1) is 25.2. The molecule has 0 fully saturated rings. The third-order valence-electron chi connectivity index (χ3n) is 7.60. The lowest BCUT2D eigenvalue weighted by molar-refractivity contribution is 0.674. The fraction of sp³-hybridized carbons (Fsp3) is 0.0263. The molecule has 4 nitrogen and oxygen atoms in total. The molecule has 0 bridgehead atoms. The highest BCUT2D eigenvalue weighted by molar-refractivity contribution is 6.13. The number of hydrogen-bond acceptors (Lipinski definition) is 4. The van der Waals surface area contributed by atoms with E-state index in [1.165, 1.54) is 0 Å². The molecule has 4 heteroatoms. The fourth-order valence-electron chi connectivity index (χ4n) is 5.44. The molecule has 1 aliphatic rings. The van der Waals surface area contributed by atoms with Gasteiger partial charge in [-0.05, 0) is 45.2 Å². The van der Waals surface area contributed by atoms with Gasteiger partial charge in [-0.2, -0.15) is 5.26 Å². The summed E-state index contributed by atoms with van der Waals surface area (Å²) in [6.07, 6.45) is -0.233. The summed E-state index contributed by atoms with van der Waals surface area (Å²) < 4.78 is 0. The van der Waals surface area contributed by atoms with Crippen molar-refractivity contribution in [2.45, 2.75) is 6.17 Å². The second-order valence-corrected chi connectivity index (χ2v) is 10.2. The number of rotatable bonds is 5. The van der Waals surface area contributed by atoms with Gasteiger partial charge in [-0.3, -0.25) is 0 Å². The van der Waals surface area contributed by atoms with E-state index >= 15 is 0 Å². The van der Waals surface area contributed by atoms with Crippen molar-refractivity contribution in [3.63, 3.8) is 0 Å². The summed E-state index contributed by atoms with van der Waals surface area (Å²) in [7, 11) is 0. The highest BCUT2D eigenvalue weighted by Crippen LogP contribution is 2.34. The Bertz CT molecular complexity index is 2000. The van der Waals surface area contributed by atoms with E-state index in [1.807, 2.05) is 66.7 Å². The van der Waals surface area contributed by atoms with Crippen molar-refractivity contribution >= 4 is 22.4 Å². The lowest BCUT2D eigenvalue weighted by Gasteiger charge is -2.23. The highest BCUT2D eigenvalue weighted by Gasteiger charge is 2.20. The van der Waals surface area contributed by atoms with Gasteiger partial charge in [-0.15, -0.1) is 0 Å². The number of amidine groups is 2. The van der Waals surface area contributed by atoms with Gasteiger partial charge in [0.1, 0.15) is 12.0 Å². The van der Waals surface area contributed by atoms with Crippen molar-refractivity contribution in [1.29, 1.82) is 5.26 Å². The zero-order chi connectivity index (χ0) is 28.3. The van der Waals surface area contributed by atoms with Crippen LogP contribution >= 0.6 is 0 Å². The first-order valence-corrected chi connectivity index (χ1v) is 13.9. The third kappa shape index (κ3) is 4.85. The molecule has 0 spiro atoms. The minimum atomic E-state index is -0.233. The molecule has 0 radical (unpaired) electrons. The predicted molar refractivity (Wildman–Crippen MR) is 171 cm³/mol. The molecule has 1 unspecified atom stereocenters. The molecule has 0 saturated carbocycles. The quantitative estimate of drug-likeness (QED) is 0.239. The van der Waals surface area contributed by atoms with Gasteiger partial charge in [0.05, 0.1) is 11.6 Å². The van der Waals surface area contributed by atoms with E-state index < -0.39 is 0 Å². The summed E-state index contributed by atoms with van der Waals surface area (Å²) in [4.78, 5) is 9.93. The summed E-state index contributed by atoms with van der Waals surface area (Å²) in [5.41, 5.74) is 7.95. The molecule has 1 aliphatic heterocycles. The van der Waals surface area contributed by atoms with Gasteiger partial charge in [0.2, 0.25) is 0 Å². The van der Waals surface area contributed by atoms with Gasteiger partial charge in [-0.1, -0.05) is 133 Å². The molecule has 0 aromatic heterocycles. The van der Waals surface area contributed by atoms with Gasteiger partial charge in [0.15, 0.2) is 5.84 Å². The van der Waals surface area contributed by atoms with Crippen LogP contribution in [0.5, 0.6) is 0 Å². The number of nitrogens with one attached hydrogen (secondary N) is 1. The Morgan fingerprint density at radius 2 is 1.24 bits per heavy atom. The second kappa shape index (κ2) is 11.0. The number of fused-ring (bicyclic) bond motifs is 1. The standard InChI is InChI=1S/C38H26N4/c39-25-32-14-7-8-16-33(32)34-17-9-15-27-20-23-31(24-35(27)34)26-18-21-30(22-19-26)38-41-36(28-10-3-1-4-11-28)40-37(42-38)29-12-5-2-6-13-29/h1-24,36H,(H,40,41,42). The lowest BCUT2D eigenvalue weighted by atomic mass is 9.92. The number of hydrogen-bond donors (Lipinski definition) is 1. The molecule has 0 amide bonds. The topological polar surface area (TPSA) is 60.5 Å². The monoisotopic (exact) mass is 538 g/mol. The zero-order valence-electron chi connectivity index (χ0n) is 22.8. The number of nitrogens with zero attached hydrogens (tertiary/aromatic N) is 3. The molecule has 1 heterocycles. The van der Waals surface area contributed by atoms with E-state index in [1.54, 1.807) is 0 Å². The van der Waals surface area contributed by atoms with Crippen molar-refractivity contribution in [3.8, 4) is 28.3 Å². The van der Waals surface area contributed by atoms with Crippen LogP contribution in [0, 0.1) is 11.3 Å². The van der Waals surface area contributed by atoms with Crippen LogP contribution in [0.1, 0.15) is 28.4 Å². The minimum absolute atomic E-state index is 0.233. The fourth-order valence-corrected chi connectivity index (χ4v) is 5.44. The van der Waals surface area contributed by atoms with Gasteiger partial charge >= 0.3 is 0 Å². The summed E-state index contributed by atoms with van der Waals surface area (Å²) in [5.74, 6) is 1.50. The van der Waals surface area contributed by atoms with E-state index in [-0.39, 0.29) is 6.17 Å². The van der Waals surface area contributed by atoms with Gasteiger partial charge in [0, 0.05) is 16.7 Å². The van der Waals surface area contributed by atoms with E-state index in [9.17, 15) is 5.26 Å². The van der Waals surface area contributed by atoms with Crippen LogP contribution in [0.2, 0.25) is 0 Å². The highest BCUT2D eigenvalue weighted by atomic mass is 15.2. The van der Waals surface area contributed by atoms with Crippen LogP contribution in [0.25, 0.3) is 33.0 Å². The maximum absolute atomic E-state index is 9.71. The normalized spacial score (nSPS) is 14.4. The molecule has 1 atom stereocenters. The average Bonchev–Trinajstić information content (AvgIpc) is 3.08. The summed E-state index contributed by atoms with van der Waals surface area (Å²) in [5, 5.41) is 15.5. The summed E-state index contributed by atoms with van der Waals surface area (Å²) in [6, 6.07) is 51.7. The molecule has 198 valence electrons. The van der Waals surface area contributed by atoms with Gasteiger partial charge in [-0.25, -0.2) is 9.98 Å². The molecule has 42 heavy (non-hydrogen) atoms. The number of benzene rings is 6. The molecule has 0 aliphatic carbocycles. The second-order valence-electron chi connectivity index (χ2n) is 10.2. The van der Waals surface area contributed by atoms with Gasteiger partial charge in [0.25, 0.3) is 0 Å². The van der Waals surface area contributed by atoms with Crippen LogP contribution in [-0.2, 0) is 0 Å². The van der Waals surface area contributed by atoms with Crippen molar-refractivity contribution < 1.29 is 0 Å². The molecular formula is C38H26N4. The SMILES string of the molecule is N#Cc1ccccc1-c1cccc2ccc(-c3ccc(C4=NC(c5ccccc5)NC(c5ccccc5)=N4)cc3)cc12. The summed E-state index contributed by atoms with van der Waals surface area (Å²) in [6.45, 7) is 0. The summed E-state index contributed by atoms with van der Waals surface area (Å²) >= 11 is 0. The van der Waals surface area contributed by atoms with E-state index in [0.717, 1.165) is 55.6 Å². The zero-order valence-corrected chi connectivity index (χ0v) is 22.8. The molecule has 7 rings (SSSR count). The Balaban J connectivity index is 1.26. The van der Waals surface area contributed by atoms with Crippen LogP contribution in [0.3, 0.4) is 0 Å². The Morgan fingerprint density at radius 3 is 2.02 bits per heavy atom. The molecule has 1 N–H and O–H groups in total. The van der Waals surface area contributed by atoms with E-state index in [4.69, 9.17) is 9.98 Å². The van der Waals surface area contributed by atoms with Gasteiger partial charge < -0.3 is 5.32 Å². The van der Waals surface area contributed by atoms with Crippen LogP contribution in [-0.4, -0.2) is 11.7 Å². The Kier molecular flexibility index (Phi) is 6.60. The largest absolute Gasteiger partial charge is 0.344 e. The first-order valence-electron chi connectivity index (χ1n) is 13.9. The van der Waals surface area contributed by atoms with Crippen molar-refractivity contribution in [2.75, 3.05) is 0 Å². The maximum Gasteiger partial charge on any atom is 0.159 e. The Hall–Kier alpha value is -5.79. The lowest BCUT2D eigenvalue weighted by Crippen LogP contribution is -2.33. The maximum atomic E-state index is 9.71. The van der Waals surface area contributed by atoms with Crippen LogP contribution < -0.4 is 5.32 Å². The van der Waals surface area contributed by atoms with Crippen LogP contribution in [0.4, 0.5) is 0 Å². The third-order valence-corrected chi connectivity index (χ3v) is 7.60. The first-order chi connectivity index (χ1) is 20.8. The van der Waals surface area contributed by atoms with Crippen molar-refractivity contribution in [3.05, 3.63) is 168 Å². The van der Waals surface area contributed by atoms with E-state index in [0.29, 0.717) is 11.4 Å². The Labute approximate surface area is 245 Å². The molecule has 6 aromatic carbocycles. The smallest absolute Gasteiger partial charge is 0.159 e. The van der Waals surface area contributed by atoms with E-state index in [2.05, 4.69) is 90.2 Å². The van der Waals surface area contributed by atoms with Crippen molar-refractivity contribution in [2.24, 2.45) is 9.98 Å². The number of aliphatic imine (C=N–C) groups is 2.